The van der Waals surface area contributed by atoms with Crippen molar-refractivity contribution in [3.05, 3.63) is 0 Å². The van der Waals surface area contributed by atoms with Gasteiger partial charge in [-0.15, -0.1) is 0 Å². The highest BCUT2D eigenvalue weighted by molar-refractivity contribution is 7.87. The third-order valence-corrected chi connectivity index (χ3v) is 2.58. The van der Waals surface area contributed by atoms with Crippen molar-refractivity contribution in [1.29, 1.82) is 0 Å². The number of carboxylic acid groups (broad SMARTS) is 1. The Bertz CT molecular complexity index is 268. The number of hydrogen-bond acceptors (Lipinski definition) is 4. The summed E-state index contributed by atoms with van der Waals surface area (Å²) in [4.78, 5) is 7.20. The predicted molar refractivity (Wildman–Crippen MR) is 39.0 cm³/mol. The van der Waals surface area contributed by atoms with Crippen LogP contribution in [0.3, 0.4) is 0 Å². The van der Waals surface area contributed by atoms with E-state index in [-0.39, 0.29) is 6.42 Å². The normalized spacial score (nSPS) is 16.9. The molecule has 1 atom stereocenters. The first kappa shape index (κ1) is 11.3. The molecule has 6 nitrogen and oxygen atoms in total. The van der Waals surface area contributed by atoms with Gasteiger partial charge in [0.15, 0.2) is 0 Å². The van der Waals surface area contributed by atoms with Crippen molar-refractivity contribution in [3.8, 4) is 0 Å². The number of hydrogen-bond donors (Lipinski definition) is 3. The summed E-state index contributed by atoms with van der Waals surface area (Å²) in [6, 6.07) is 0. The van der Waals surface area contributed by atoms with E-state index in [1.165, 1.54) is 6.92 Å². The fourth-order valence-electron chi connectivity index (χ4n) is 0.685. The summed E-state index contributed by atoms with van der Waals surface area (Å²) in [5.74, 6) is -1.97. The molecule has 0 rings (SSSR count). The molecule has 0 aliphatic rings. The topological polar surface area (TPSA) is 112 Å². The van der Waals surface area contributed by atoms with Crippen LogP contribution in [0.2, 0.25) is 0 Å². The van der Waals surface area contributed by atoms with Crippen LogP contribution < -0.4 is 0 Å². The van der Waals surface area contributed by atoms with E-state index in [0.29, 0.717) is 0 Å². The maximum atomic E-state index is 10.4. The third kappa shape index (κ3) is 1.93. The summed E-state index contributed by atoms with van der Waals surface area (Å²) in [5, 5.41) is 17.3. The average molecular weight is 198 g/mol. The Hall–Kier alpha value is -0.660. The Morgan fingerprint density at radius 3 is 2.00 bits per heavy atom. The van der Waals surface area contributed by atoms with E-state index in [4.69, 9.17) is 14.8 Å². The molecule has 0 radical (unpaired) electrons. The second-order valence-corrected chi connectivity index (χ2v) is 3.94. The molecule has 0 spiro atoms. The van der Waals surface area contributed by atoms with Gasteiger partial charge in [0.1, 0.15) is 0 Å². The zero-order valence-corrected chi connectivity index (χ0v) is 7.21. The zero-order valence-electron chi connectivity index (χ0n) is 6.39. The fraction of sp³-hybridized carbons (Fsp3) is 0.800. The molecule has 12 heavy (non-hydrogen) atoms. The maximum absolute atomic E-state index is 10.4. The molecule has 0 saturated carbocycles. The molecule has 0 saturated heterocycles. The summed E-state index contributed by atoms with van der Waals surface area (Å²) >= 11 is 0. The van der Waals surface area contributed by atoms with Crippen LogP contribution in [0.5, 0.6) is 0 Å². The van der Waals surface area contributed by atoms with Gasteiger partial charge in [-0.1, -0.05) is 13.3 Å². The lowest BCUT2D eigenvalue weighted by Gasteiger charge is -2.18. The maximum Gasteiger partial charge on any atom is 0.354 e. The molecule has 3 N–H and O–H groups in total. The summed E-state index contributed by atoms with van der Waals surface area (Å²) in [5.41, 5.74) is 0. The smallest absolute Gasteiger partial charge is 0.354 e. The van der Waals surface area contributed by atoms with E-state index in [1.807, 2.05) is 0 Å². The lowest BCUT2D eigenvalue weighted by molar-refractivity contribution is -0.151. The summed E-state index contributed by atoms with van der Waals surface area (Å²) in [6.07, 6.45) is -0.413. The second-order valence-electron chi connectivity index (χ2n) is 2.31. The van der Waals surface area contributed by atoms with Crippen LogP contribution in [0.1, 0.15) is 19.8 Å². The molecule has 0 aromatic rings. The van der Waals surface area contributed by atoms with E-state index < -0.39 is 27.4 Å². The van der Waals surface area contributed by atoms with Crippen molar-refractivity contribution >= 4 is 16.1 Å². The van der Waals surface area contributed by atoms with E-state index in [9.17, 15) is 13.2 Å². The number of carbonyl (C=O) groups is 1. The van der Waals surface area contributed by atoms with Gasteiger partial charge < -0.3 is 10.2 Å². The molecule has 0 bridgehead atoms. The molecule has 72 valence electrons. The Kier molecular flexibility index (Phi) is 3.19. The first-order valence-corrected chi connectivity index (χ1v) is 4.62. The van der Waals surface area contributed by atoms with Gasteiger partial charge >= 0.3 is 16.1 Å². The van der Waals surface area contributed by atoms with Crippen LogP contribution in [-0.2, 0) is 14.9 Å². The second kappa shape index (κ2) is 3.38. The third-order valence-electron chi connectivity index (χ3n) is 1.35. The number of aliphatic carboxylic acids is 1. The number of carboxylic acids is 1. The summed E-state index contributed by atoms with van der Waals surface area (Å²) in [6.45, 7) is 1.49. The van der Waals surface area contributed by atoms with E-state index >= 15 is 0 Å². The molecule has 0 heterocycles. The van der Waals surface area contributed by atoms with Crippen LogP contribution in [-0.4, -0.2) is 34.1 Å². The Morgan fingerprint density at radius 2 is 1.92 bits per heavy atom. The van der Waals surface area contributed by atoms with Crippen LogP contribution in [0.25, 0.3) is 0 Å². The standard InChI is InChI=1S/C5H10O6S/c1-2-3-5(8,4(6)7)12(9,10)11/h8H,2-3H2,1H3,(H,6,7)(H,9,10,11). The molecule has 0 aromatic carbocycles. The van der Waals surface area contributed by atoms with E-state index in [0.717, 1.165) is 0 Å². The van der Waals surface area contributed by atoms with Crippen LogP contribution in [0.15, 0.2) is 0 Å². The molecule has 0 aromatic heterocycles. The van der Waals surface area contributed by atoms with Gasteiger partial charge in [-0.05, 0) is 0 Å². The minimum absolute atomic E-state index is 0.128. The monoisotopic (exact) mass is 198 g/mol. The fourth-order valence-corrected chi connectivity index (χ4v) is 1.37. The van der Waals surface area contributed by atoms with Gasteiger partial charge in [0.2, 0.25) is 0 Å². The molecule has 7 heteroatoms. The molecule has 0 aliphatic heterocycles. The lowest BCUT2D eigenvalue weighted by atomic mass is 10.2. The highest BCUT2D eigenvalue weighted by atomic mass is 32.2. The lowest BCUT2D eigenvalue weighted by Crippen LogP contribution is -2.45. The van der Waals surface area contributed by atoms with Gasteiger partial charge in [-0.25, -0.2) is 4.79 Å². The van der Waals surface area contributed by atoms with Crippen LogP contribution in [0, 0.1) is 0 Å². The highest BCUT2D eigenvalue weighted by Crippen LogP contribution is 2.19. The van der Waals surface area contributed by atoms with Crippen molar-refractivity contribution in [2.45, 2.75) is 24.7 Å². The van der Waals surface area contributed by atoms with E-state index in [1.54, 1.807) is 0 Å². The molecule has 0 fully saturated rings. The summed E-state index contributed by atoms with van der Waals surface area (Å²) in [7, 11) is -4.97. The van der Waals surface area contributed by atoms with Gasteiger partial charge in [0, 0.05) is 6.42 Å². The quantitative estimate of drug-likeness (QED) is 0.522. The zero-order chi connectivity index (χ0) is 9.99. The first-order valence-electron chi connectivity index (χ1n) is 3.18. The van der Waals surface area contributed by atoms with Crippen molar-refractivity contribution in [2.75, 3.05) is 0 Å². The number of rotatable bonds is 4. The Labute approximate surface area is 69.6 Å². The Balaban J connectivity index is 5.02. The molecule has 1 unspecified atom stereocenters. The Morgan fingerprint density at radius 1 is 1.50 bits per heavy atom. The molecular weight excluding hydrogens is 188 g/mol. The van der Waals surface area contributed by atoms with Crippen molar-refractivity contribution in [2.24, 2.45) is 0 Å². The number of aliphatic hydroxyl groups is 1. The molecular formula is C5H10O6S. The van der Waals surface area contributed by atoms with Crippen molar-refractivity contribution in [1.82, 2.24) is 0 Å². The largest absolute Gasteiger partial charge is 0.478 e. The molecule has 0 amide bonds. The SMILES string of the molecule is CCCC(O)(C(=O)O)S(=O)(=O)O. The van der Waals surface area contributed by atoms with Gasteiger partial charge in [-0.3, -0.25) is 4.55 Å². The van der Waals surface area contributed by atoms with Crippen LogP contribution in [0.4, 0.5) is 0 Å². The van der Waals surface area contributed by atoms with E-state index in [2.05, 4.69) is 0 Å². The average Bonchev–Trinajstić information content (AvgIpc) is 1.85. The van der Waals surface area contributed by atoms with Gasteiger partial charge in [-0.2, -0.15) is 8.42 Å². The minimum atomic E-state index is -4.97. The minimum Gasteiger partial charge on any atom is -0.478 e. The van der Waals surface area contributed by atoms with Gasteiger partial charge in [0.05, 0.1) is 0 Å². The van der Waals surface area contributed by atoms with Gasteiger partial charge in [0.25, 0.3) is 4.93 Å². The molecule has 0 aliphatic carbocycles. The summed E-state index contributed by atoms with van der Waals surface area (Å²) < 4.78 is 29.2. The van der Waals surface area contributed by atoms with Crippen molar-refractivity contribution < 1.29 is 28.0 Å². The van der Waals surface area contributed by atoms with Crippen LogP contribution >= 0.6 is 0 Å². The predicted octanol–water partition coefficient (Wildman–Crippen LogP) is -0.552. The van der Waals surface area contributed by atoms with Crippen molar-refractivity contribution in [3.63, 3.8) is 0 Å². The first-order chi connectivity index (χ1) is 5.25. The highest BCUT2D eigenvalue weighted by Gasteiger charge is 2.48.